The Kier molecular flexibility index (Phi) is 5.26. The number of nitrogens with one attached hydrogen (secondary N) is 2. The Labute approximate surface area is 181 Å². The zero-order chi connectivity index (χ0) is 21.2. The minimum absolute atomic E-state index is 0.203. The van der Waals surface area contributed by atoms with Crippen molar-refractivity contribution in [1.82, 2.24) is 19.7 Å². The fourth-order valence-corrected chi connectivity index (χ4v) is 3.81. The summed E-state index contributed by atoms with van der Waals surface area (Å²) in [5, 5.41) is 12.3. The number of ether oxygens (including phenoxy) is 1. The SMILES string of the molecule is Cc1ccc(Nc2nc(NC[C@H]3CCCO3)nc3c2cnn3-c2ccccc2)cc1C. The van der Waals surface area contributed by atoms with Gasteiger partial charge in [0.05, 0.1) is 23.4 Å². The van der Waals surface area contributed by atoms with Gasteiger partial charge in [-0.1, -0.05) is 24.3 Å². The highest BCUT2D eigenvalue weighted by Crippen LogP contribution is 2.28. The number of fused-ring (bicyclic) bond motifs is 1. The highest BCUT2D eigenvalue weighted by atomic mass is 16.5. The Hall–Kier alpha value is -3.45. The summed E-state index contributed by atoms with van der Waals surface area (Å²) in [6.07, 6.45) is 4.18. The first-order chi connectivity index (χ1) is 15.2. The van der Waals surface area contributed by atoms with E-state index in [-0.39, 0.29) is 6.10 Å². The molecule has 158 valence electrons. The van der Waals surface area contributed by atoms with Crippen LogP contribution < -0.4 is 10.6 Å². The molecule has 0 saturated carbocycles. The maximum absolute atomic E-state index is 5.74. The van der Waals surface area contributed by atoms with Crippen LogP contribution in [-0.4, -0.2) is 39.0 Å². The van der Waals surface area contributed by atoms with E-state index in [9.17, 15) is 0 Å². The fourth-order valence-electron chi connectivity index (χ4n) is 3.81. The molecule has 2 aromatic heterocycles. The first-order valence-electron chi connectivity index (χ1n) is 10.7. The molecule has 0 spiro atoms. The summed E-state index contributed by atoms with van der Waals surface area (Å²) >= 11 is 0. The van der Waals surface area contributed by atoms with Gasteiger partial charge in [-0.3, -0.25) is 0 Å². The number of benzene rings is 2. The summed E-state index contributed by atoms with van der Waals surface area (Å²) in [5.41, 5.74) is 5.18. The van der Waals surface area contributed by atoms with Gasteiger partial charge >= 0.3 is 0 Å². The number of rotatable bonds is 6. The standard InChI is InChI=1S/C24H26N6O/c1-16-10-11-18(13-17(16)2)27-22-21-15-26-30(19-7-4-3-5-8-19)23(21)29-24(28-22)25-14-20-9-6-12-31-20/h3-5,7-8,10-11,13,15,20H,6,9,12,14H2,1-2H3,(H2,25,27,28,29)/t20-/m1/s1. The van der Waals surface area contributed by atoms with Gasteiger partial charge in [-0.15, -0.1) is 0 Å². The number of anilines is 3. The van der Waals surface area contributed by atoms with Crippen LogP contribution in [0.15, 0.2) is 54.7 Å². The van der Waals surface area contributed by atoms with Gasteiger partial charge in [0.15, 0.2) is 5.65 Å². The second-order valence-electron chi connectivity index (χ2n) is 7.96. The molecule has 5 rings (SSSR count). The summed E-state index contributed by atoms with van der Waals surface area (Å²) in [7, 11) is 0. The van der Waals surface area contributed by atoms with Gasteiger partial charge in [0.25, 0.3) is 0 Å². The first kappa shape index (κ1) is 19.5. The molecule has 1 aliphatic heterocycles. The summed E-state index contributed by atoms with van der Waals surface area (Å²) < 4.78 is 7.59. The van der Waals surface area contributed by atoms with E-state index in [4.69, 9.17) is 14.7 Å². The van der Waals surface area contributed by atoms with Gasteiger partial charge in [-0.2, -0.15) is 15.1 Å². The van der Waals surface area contributed by atoms with Gasteiger partial charge in [-0.25, -0.2) is 4.68 Å². The normalized spacial score (nSPS) is 16.0. The second kappa shape index (κ2) is 8.35. The van der Waals surface area contributed by atoms with Crippen LogP contribution in [0.3, 0.4) is 0 Å². The van der Waals surface area contributed by atoms with Gasteiger partial charge in [-0.05, 0) is 62.1 Å². The summed E-state index contributed by atoms with van der Waals surface area (Å²) in [4.78, 5) is 9.56. The molecule has 1 fully saturated rings. The average molecular weight is 415 g/mol. The fraction of sp³-hybridized carbons (Fsp3) is 0.292. The lowest BCUT2D eigenvalue weighted by molar-refractivity contribution is 0.120. The highest BCUT2D eigenvalue weighted by molar-refractivity contribution is 5.90. The van der Waals surface area contributed by atoms with E-state index in [2.05, 4.69) is 47.8 Å². The van der Waals surface area contributed by atoms with E-state index < -0.39 is 0 Å². The monoisotopic (exact) mass is 414 g/mol. The molecule has 0 bridgehead atoms. The molecular weight excluding hydrogens is 388 g/mol. The lowest BCUT2D eigenvalue weighted by Gasteiger charge is -2.14. The van der Waals surface area contributed by atoms with Crippen LogP contribution in [0.4, 0.5) is 17.5 Å². The van der Waals surface area contributed by atoms with E-state index in [1.54, 1.807) is 0 Å². The molecule has 0 radical (unpaired) electrons. The van der Waals surface area contributed by atoms with Gasteiger partial charge in [0.1, 0.15) is 5.82 Å². The van der Waals surface area contributed by atoms with Crippen molar-refractivity contribution in [2.75, 3.05) is 23.8 Å². The first-order valence-corrected chi connectivity index (χ1v) is 10.7. The van der Waals surface area contributed by atoms with Crippen molar-refractivity contribution in [1.29, 1.82) is 0 Å². The van der Waals surface area contributed by atoms with E-state index in [1.165, 1.54) is 11.1 Å². The van der Waals surface area contributed by atoms with Gasteiger partial charge in [0, 0.05) is 18.8 Å². The van der Waals surface area contributed by atoms with Crippen molar-refractivity contribution in [3.05, 3.63) is 65.9 Å². The average Bonchev–Trinajstić information content (AvgIpc) is 3.45. The van der Waals surface area contributed by atoms with Crippen molar-refractivity contribution in [2.45, 2.75) is 32.8 Å². The number of hydrogen-bond acceptors (Lipinski definition) is 6. The lowest BCUT2D eigenvalue weighted by Crippen LogP contribution is -2.20. The largest absolute Gasteiger partial charge is 0.376 e. The highest BCUT2D eigenvalue weighted by Gasteiger charge is 2.18. The molecule has 0 amide bonds. The van der Waals surface area contributed by atoms with Crippen LogP contribution in [0.1, 0.15) is 24.0 Å². The predicted molar refractivity (Wildman–Crippen MR) is 123 cm³/mol. The third kappa shape index (κ3) is 4.09. The molecule has 4 aromatic rings. The lowest BCUT2D eigenvalue weighted by atomic mass is 10.1. The molecule has 2 aromatic carbocycles. The van der Waals surface area contributed by atoms with E-state index in [0.717, 1.165) is 47.7 Å². The smallest absolute Gasteiger partial charge is 0.226 e. The van der Waals surface area contributed by atoms with Gasteiger partial charge in [0.2, 0.25) is 5.95 Å². The molecule has 1 atom stereocenters. The van der Waals surface area contributed by atoms with Crippen molar-refractivity contribution in [3.63, 3.8) is 0 Å². The molecule has 1 saturated heterocycles. The summed E-state index contributed by atoms with van der Waals surface area (Å²) in [6.45, 7) is 5.73. The van der Waals surface area contributed by atoms with Crippen LogP contribution >= 0.6 is 0 Å². The van der Waals surface area contributed by atoms with Crippen molar-refractivity contribution >= 4 is 28.5 Å². The molecule has 0 unspecified atom stereocenters. The van der Waals surface area contributed by atoms with E-state index in [1.807, 2.05) is 41.2 Å². The third-order valence-electron chi connectivity index (χ3n) is 5.71. The molecule has 3 heterocycles. The Morgan fingerprint density at radius 3 is 2.71 bits per heavy atom. The maximum atomic E-state index is 5.74. The predicted octanol–water partition coefficient (Wildman–Crippen LogP) is 4.77. The number of hydrogen-bond donors (Lipinski definition) is 2. The van der Waals surface area contributed by atoms with Crippen LogP contribution in [0.5, 0.6) is 0 Å². The molecule has 7 heteroatoms. The summed E-state index contributed by atoms with van der Waals surface area (Å²) in [5.74, 6) is 1.29. The Morgan fingerprint density at radius 1 is 1.06 bits per heavy atom. The second-order valence-corrected chi connectivity index (χ2v) is 7.96. The number of aromatic nitrogens is 4. The minimum atomic E-state index is 0.203. The van der Waals surface area contributed by atoms with E-state index >= 15 is 0 Å². The van der Waals surface area contributed by atoms with Crippen LogP contribution in [0.25, 0.3) is 16.7 Å². The Balaban J connectivity index is 1.54. The molecule has 7 nitrogen and oxygen atoms in total. The molecular formula is C24H26N6O. The molecule has 0 aliphatic carbocycles. The molecule has 31 heavy (non-hydrogen) atoms. The van der Waals surface area contributed by atoms with Gasteiger partial charge < -0.3 is 15.4 Å². The van der Waals surface area contributed by atoms with Crippen LogP contribution in [0, 0.1) is 13.8 Å². The Bertz CT molecular complexity index is 1200. The number of aryl methyl sites for hydroxylation is 2. The topological polar surface area (TPSA) is 76.9 Å². The van der Waals surface area contributed by atoms with Crippen LogP contribution in [-0.2, 0) is 4.74 Å². The van der Waals surface area contributed by atoms with Crippen molar-refractivity contribution in [3.8, 4) is 5.69 Å². The Morgan fingerprint density at radius 2 is 1.94 bits per heavy atom. The number of para-hydroxylation sites is 1. The number of nitrogens with zero attached hydrogens (tertiary/aromatic N) is 4. The third-order valence-corrected chi connectivity index (χ3v) is 5.71. The molecule has 1 aliphatic rings. The van der Waals surface area contributed by atoms with Crippen LogP contribution in [0.2, 0.25) is 0 Å². The van der Waals surface area contributed by atoms with Crippen molar-refractivity contribution in [2.24, 2.45) is 0 Å². The minimum Gasteiger partial charge on any atom is -0.376 e. The zero-order valence-corrected chi connectivity index (χ0v) is 17.8. The summed E-state index contributed by atoms with van der Waals surface area (Å²) in [6, 6.07) is 16.3. The quantitative estimate of drug-likeness (QED) is 0.473. The van der Waals surface area contributed by atoms with E-state index in [0.29, 0.717) is 12.5 Å². The maximum Gasteiger partial charge on any atom is 0.226 e. The molecule has 2 N–H and O–H groups in total. The van der Waals surface area contributed by atoms with Crippen molar-refractivity contribution < 1.29 is 4.74 Å². The zero-order valence-electron chi connectivity index (χ0n) is 17.8.